The molecule has 0 aliphatic rings. The summed E-state index contributed by atoms with van der Waals surface area (Å²) < 4.78 is 25.2. The summed E-state index contributed by atoms with van der Waals surface area (Å²) in [6, 6.07) is 17.5. The number of hydrogen-bond acceptors (Lipinski definition) is 4. The first-order valence-electron chi connectivity index (χ1n) is 9.12. The van der Waals surface area contributed by atoms with E-state index in [0.717, 1.165) is 5.56 Å². The highest BCUT2D eigenvalue weighted by Crippen LogP contribution is 2.38. The largest absolute Gasteiger partial charge is 0.493 e. The van der Waals surface area contributed by atoms with Gasteiger partial charge in [0.1, 0.15) is 12.4 Å². The second-order valence-corrected chi connectivity index (χ2v) is 6.88. The molecule has 0 aromatic heterocycles. The zero-order valence-electron chi connectivity index (χ0n) is 16.4. The fourth-order valence-corrected chi connectivity index (χ4v) is 3.15. The van der Waals surface area contributed by atoms with E-state index in [0.29, 0.717) is 17.1 Å². The van der Waals surface area contributed by atoms with Gasteiger partial charge < -0.3 is 14.6 Å². The number of carbonyl (C=O) groups is 1. The van der Waals surface area contributed by atoms with Gasteiger partial charge >= 0.3 is 5.97 Å². The summed E-state index contributed by atoms with van der Waals surface area (Å²) in [5.41, 5.74) is 1.80. The Kier molecular flexibility index (Phi) is 6.91. The number of hydrogen-bond donors (Lipinski definition) is 1. The van der Waals surface area contributed by atoms with Gasteiger partial charge in [0.25, 0.3) is 0 Å². The lowest BCUT2D eigenvalue weighted by atomic mass is 10.0. The van der Waals surface area contributed by atoms with Crippen molar-refractivity contribution >= 4 is 29.2 Å². The number of nitriles is 1. The Bertz CT molecular complexity index is 1180. The second kappa shape index (κ2) is 9.79. The van der Waals surface area contributed by atoms with E-state index in [9.17, 15) is 14.4 Å². The van der Waals surface area contributed by atoms with Crippen LogP contribution < -0.4 is 9.47 Å². The first-order chi connectivity index (χ1) is 14.9. The van der Waals surface area contributed by atoms with Crippen molar-refractivity contribution in [1.82, 2.24) is 0 Å². The Morgan fingerprint density at radius 2 is 1.90 bits per heavy atom. The maximum atomic E-state index is 14.1. The zero-order chi connectivity index (χ0) is 22.4. The van der Waals surface area contributed by atoms with Crippen LogP contribution in [0.2, 0.25) is 5.02 Å². The summed E-state index contributed by atoms with van der Waals surface area (Å²) in [6.45, 7) is 0.143. The van der Waals surface area contributed by atoms with Gasteiger partial charge in [-0.2, -0.15) is 5.26 Å². The van der Waals surface area contributed by atoms with Crippen LogP contribution in [0.15, 0.2) is 60.7 Å². The van der Waals surface area contributed by atoms with Crippen LogP contribution in [0.3, 0.4) is 0 Å². The van der Waals surface area contributed by atoms with Gasteiger partial charge in [-0.25, -0.2) is 9.18 Å². The Hall–Kier alpha value is -3.82. The van der Waals surface area contributed by atoms with Crippen LogP contribution in [0.4, 0.5) is 4.39 Å². The monoisotopic (exact) mass is 437 g/mol. The van der Waals surface area contributed by atoms with E-state index in [1.807, 2.05) is 6.07 Å². The third-order valence-electron chi connectivity index (χ3n) is 4.43. The molecule has 0 unspecified atom stereocenters. The lowest BCUT2D eigenvalue weighted by Gasteiger charge is -2.14. The van der Waals surface area contributed by atoms with E-state index < -0.39 is 11.8 Å². The summed E-state index contributed by atoms with van der Waals surface area (Å²) in [5, 5.41) is 18.7. The molecule has 156 valence electrons. The molecule has 3 rings (SSSR count). The van der Waals surface area contributed by atoms with Crippen LogP contribution in [0, 0.1) is 17.1 Å². The van der Waals surface area contributed by atoms with Gasteiger partial charge in [0.2, 0.25) is 0 Å². The van der Waals surface area contributed by atoms with Gasteiger partial charge in [0.15, 0.2) is 11.5 Å². The molecule has 0 radical (unpaired) electrons. The Morgan fingerprint density at radius 3 is 2.52 bits per heavy atom. The number of aromatic carboxylic acids is 1. The van der Waals surface area contributed by atoms with Gasteiger partial charge in [-0.15, -0.1) is 0 Å². The second-order valence-electron chi connectivity index (χ2n) is 6.47. The molecule has 0 aliphatic carbocycles. The predicted octanol–water partition coefficient (Wildman–Crippen LogP) is 5.83. The molecule has 0 amide bonds. The van der Waals surface area contributed by atoms with E-state index in [1.165, 1.54) is 37.5 Å². The van der Waals surface area contributed by atoms with Crippen molar-refractivity contribution in [2.24, 2.45) is 0 Å². The molecule has 0 saturated carbocycles. The summed E-state index contributed by atoms with van der Waals surface area (Å²) in [5.74, 6) is -0.866. The molecule has 0 saturated heterocycles. The minimum absolute atomic E-state index is 0.142. The highest BCUT2D eigenvalue weighted by atomic mass is 35.5. The molecule has 3 aromatic carbocycles. The van der Waals surface area contributed by atoms with Crippen molar-refractivity contribution in [3.63, 3.8) is 0 Å². The topological polar surface area (TPSA) is 79.5 Å². The maximum Gasteiger partial charge on any atom is 0.335 e. The first kappa shape index (κ1) is 21.9. The molecule has 0 spiro atoms. The smallest absolute Gasteiger partial charge is 0.335 e. The van der Waals surface area contributed by atoms with Gasteiger partial charge in [0.05, 0.1) is 29.3 Å². The molecule has 0 fully saturated rings. The van der Waals surface area contributed by atoms with E-state index in [-0.39, 0.29) is 28.3 Å². The summed E-state index contributed by atoms with van der Waals surface area (Å²) >= 11 is 6.38. The van der Waals surface area contributed by atoms with Crippen molar-refractivity contribution in [2.75, 3.05) is 7.11 Å². The number of halogens is 2. The van der Waals surface area contributed by atoms with Gasteiger partial charge in [-0.1, -0.05) is 41.9 Å². The number of ether oxygens (including phenoxy) is 2. The average molecular weight is 438 g/mol. The quantitative estimate of drug-likeness (QED) is 0.371. The number of methoxy groups -OCH3 is 1. The number of allylic oxidation sites excluding steroid dienone is 1. The van der Waals surface area contributed by atoms with E-state index >= 15 is 0 Å². The molecule has 0 aliphatic heterocycles. The van der Waals surface area contributed by atoms with Crippen molar-refractivity contribution in [3.8, 4) is 17.6 Å². The molecule has 7 heteroatoms. The zero-order valence-corrected chi connectivity index (χ0v) is 17.2. The van der Waals surface area contributed by atoms with Gasteiger partial charge in [-0.3, -0.25) is 0 Å². The van der Waals surface area contributed by atoms with E-state index in [1.54, 1.807) is 36.4 Å². The van der Waals surface area contributed by atoms with Crippen molar-refractivity contribution in [2.45, 2.75) is 6.61 Å². The standard InChI is InChI=1S/C24H17ClFNO4/c1-30-22-12-16(10-18(13-27)19-4-2-3-5-21(19)26)11-20(25)23(22)31-14-15-6-8-17(9-7-15)24(28)29/h2-12H,14H2,1H3,(H,28,29)/b18-10-. The molecule has 31 heavy (non-hydrogen) atoms. The third-order valence-corrected chi connectivity index (χ3v) is 4.71. The van der Waals surface area contributed by atoms with Crippen LogP contribution in [0.25, 0.3) is 11.6 Å². The first-order valence-corrected chi connectivity index (χ1v) is 9.50. The molecule has 3 aromatic rings. The molecule has 1 N–H and O–H groups in total. The SMILES string of the molecule is COc1cc(/C=C(/C#N)c2ccccc2F)cc(Cl)c1OCc1ccc(C(=O)O)cc1. The highest BCUT2D eigenvalue weighted by molar-refractivity contribution is 6.32. The van der Waals surface area contributed by atoms with E-state index in [2.05, 4.69) is 0 Å². The van der Waals surface area contributed by atoms with Crippen LogP contribution in [-0.4, -0.2) is 18.2 Å². The van der Waals surface area contributed by atoms with Gasteiger partial charge in [-0.05, 0) is 47.5 Å². The van der Waals surface area contributed by atoms with Crippen LogP contribution in [-0.2, 0) is 6.61 Å². The summed E-state index contributed by atoms with van der Waals surface area (Å²) in [4.78, 5) is 10.9. The van der Waals surface area contributed by atoms with Crippen LogP contribution in [0.1, 0.15) is 27.0 Å². The number of carboxylic acids is 1. The molecule has 0 bridgehead atoms. The number of benzene rings is 3. The Morgan fingerprint density at radius 1 is 1.19 bits per heavy atom. The number of rotatable bonds is 7. The molecular formula is C24H17ClFNO4. The molecule has 5 nitrogen and oxygen atoms in total. The normalized spacial score (nSPS) is 11.0. The molecule has 0 atom stereocenters. The lowest BCUT2D eigenvalue weighted by molar-refractivity contribution is 0.0697. The molecular weight excluding hydrogens is 421 g/mol. The highest BCUT2D eigenvalue weighted by Gasteiger charge is 2.14. The lowest BCUT2D eigenvalue weighted by Crippen LogP contribution is -2.00. The minimum atomic E-state index is -1.01. The number of carboxylic acid groups (broad SMARTS) is 1. The molecule has 0 heterocycles. The number of nitrogens with zero attached hydrogens (tertiary/aromatic N) is 1. The van der Waals surface area contributed by atoms with Crippen LogP contribution in [0.5, 0.6) is 11.5 Å². The minimum Gasteiger partial charge on any atom is -0.493 e. The fourth-order valence-electron chi connectivity index (χ4n) is 2.88. The average Bonchev–Trinajstić information content (AvgIpc) is 2.77. The Balaban J connectivity index is 1.87. The van der Waals surface area contributed by atoms with Crippen molar-refractivity contribution in [3.05, 3.63) is 93.8 Å². The van der Waals surface area contributed by atoms with Crippen molar-refractivity contribution in [1.29, 1.82) is 5.26 Å². The van der Waals surface area contributed by atoms with Gasteiger partial charge in [0, 0.05) is 5.56 Å². The predicted molar refractivity (Wildman–Crippen MR) is 116 cm³/mol. The van der Waals surface area contributed by atoms with E-state index in [4.69, 9.17) is 26.2 Å². The third kappa shape index (κ3) is 5.21. The fraction of sp³-hybridized carbons (Fsp3) is 0.0833. The Labute approximate surface area is 183 Å². The summed E-state index contributed by atoms with van der Waals surface area (Å²) in [7, 11) is 1.45. The van der Waals surface area contributed by atoms with Crippen molar-refractivity contribution < 1.29 is 23.8 Å². The maximum absolute atomic E-state index is 14.1. The van der Waals surface area contributed by atoms with Crippen LogP contribution >= 0.6 is 11.6 Å². The summed E-state index contributed by atoms with van der Waals surface area (Å²) in [6.07, 6.45) is 1.52.